The number of carbonyl (C=O) groups excluding carboxylic acids is 1. The Morgan fingerprint density at radius 2 is 2.24 bits per heavy atom. The summed E-state index contributed by atoms with van der Waals surface area (Å²) < 4.78 is 1.95. The number of nitrogens with one attached hydrogen (secondary N) is 1. The highest BCUT2D eigenvalue weighted by molar-refractivity contribution is 6.00. The zero-order valence-electron chi connectivity index (χ0n) is 14.0. The molecule has 1 unspecified atom stereocenters. The van der Waals surface area contributed by atoms with Crippen LogP contribution in [0.25, 0.3) is 11.2 Å². The topological polar surface area (TPSA) is 88.8 Å². The van der Waals surface area contributed by atoms with Crippen LogP contribution in [-0.2, 0) is 11.3 Å². The van der Waals surface area contributed by atoms with Crippen molar-refractivity contribution in [2.75, 3.05) is 16.8 Å². The Morgan fingerprint density at radius 3 is 3.04 bits per heavy atom. The van der Waals surface area contributed by atoms with E-state index < -0.39 is 0 Å². The Bertz CT molecular complexity index is 892. The third-order valence-corrected chi connectivity index (χ3v) is 4.45. The van der Waals surface area contributed by atoms with Crippen molar-refractivity contribution in [1.82, 2.24) is 24.5 Å². The summed E-state index contributed by atoms with van der Waals surface area (Å²) in [5.41, 5.74) is 2.28. The number of imidazole rings is 1. The second kappa shape index (κ2) is 6.46. The lowest BCUT2D eigenvalue weighted by Gasteiger charge is -2.32. The van der Waals surface area contributed by atoms with E-state index in [9.17, 15) is 4.79 Å². The summed E-state index contributed by atoms with van der Waals surface area (Å²) >= 11 is 0. The van der Waals surface area contributed by atoms with Crippen LogP contribution in [0, 0.1) is 0 Å². The molecule has 0 aliphatic carbocycles. The van der Waals surface area contributed by atoms with Crippen LogP contribution in [0.15, 0.2) is 37.2 Å². The van der Waals surface area contributed by atoms with Gasteiger partial charge in [0.2, 0.25) is 5.91 Å². The number of rotatable bonds is 4. The third-order valence-electron chi connectivity index (χ3n) is 4.45. The van der Waals surface area contributed by atoms with Gasteiger partial charge in [0.15, 0.2) is 11.5 Å². The van der Waals surface area contributed by atoms with E-state index >= 15 is 0 Å². The molecule has 3 aromatic rings. The van der Waals surface area contributed by atoms with Gasteiger partial charge in [-0.1, -0.05) is 0 Å². The Kier molecular flexibility index (Phi) is 4.01. The average molecular weight is 337 g/mol. The van der Waals surface area contributed by atoms with Crippen LogP contribution in [0.3, 0.4) is 0 Å². The first-order valence-electron chi connectivity index (χ1n) is 8.41. The SMILES string of the molecule is CCn1cnc2c(NC3CCCN(c4cccnc4)C3=O)ncnc21. The van der Waals surface area contributed by atoms with Crippen molar-refractivity contribution in [2.24, 2.45) is 0 Å². The predicted octanol–water partition coefficient (Wildman–Crippen LogP) is 1.85. The predicted molar refractivity (Wildman–Crippen MR) is 94.2 cm³/mol. The first kappa shape index (κ1) is 15.5. The van der Waals surface area contributed by atoms with E-state index in [1.165, 1.54) is 6.33 Å². The van der Waals surface area contributed by atoms with E-state index in [1.54, 1.807) is 23.6 Å². The van der Waals surface area contributed by atoms with Crippen LogP contribution in [0.2, 0.25) is 0 Å². The van der Waals surface area contributed by atoms with Gasteiger partial charge in [-0.25, -0.2) is 15.0 Å². The molecule has 0 saturated carbocycles. The van der Waals surface area contributed by atoms with Gasteiger partial charge in [0.25, 0.3) is 0 Å². The molecule has 4 heterocycles. The monoisotopic (exact) mass is 337 g/mol. The van der Waals surface area contributed by atoms with Gasteiger partial charge in [-0.3, -0.25) is 9.78 Å². The minimum Gasteiger partial charge on any atom is -0.356 e. The molecule has 1 N–H and O–H groups in total. The van der Waals surface area contributed by atoms with E-state index in [0.717, 1.165) is 30.7 Å². The molecular formula is C17H19N7O. The van der Waals surface area contributed by atoms with E-state index in [0.29, 0.717) is 17.9 Å². The molecule has 0 spiro atoms. The minimum absolute atomic E-state index is 0.0286. The zero-order chi connectivity index (χ0) is 17.2. The van der Waals surface area contributed by atoms with Gasteiger partial charge >= 0.3 is 0 Å². The highest BCUT2D eigenvalue weighted by Gasteiger charge is 2.30. The molecule has 0 bridgehead atoms. The summed E-state index contributed by atoms with van der Waals surface area (Å²) in [5.74, 6) is 0.629. The lowest BCUT2D eigenvalue weighted by Crippen LogP contribution is -2.48. The molecule has 1 saturated heterocycles. The first-order valence-corrected chi connectivity index (χ1v) is 8.41. The van der Waals surface area contributed by atoms with Crippen molar-refractivity contribution < 1.29 is 4.79 Å². The highest BCUT2D eigenvalue weighted by Crippen LogP contribution is 2.24. The van der Waals surface area contributed by atoms with Crippen molar-refractivity contribution in [3.8, 4) is 0 Å². The molecule has 8 heteroatoms. The van der Waals surface area contributed by atoms with Crippen molar-refractivity contribution in [2.45, 2.75) is 32.4 Å². The lowest BCUT2D eigenvalue weighted by molar-refractivity contribution is -0.120. The highest BCUT2D eigenvalue weighted by atomic mass is 16.2. The van der Waals surface area contributed by atoms with Crippen molar-refractivity contribution in [1.29, 1.82) is 0 Å². The maximum absolute atomic E-state index is 12.9. The summed E-state index contributed by atoms with van der Waals surface area (Å²) in [7, 11) is 0. The van der Waals surface area contributed by atoms with Gasteiger partial charge in [0, 0.05) is 19.3 Å². The second-order valence-corrected chi connectivity index (χ2v) is 5.97. The number of amides is 1. The van der Waals surface area contributed by atoms with Crippen molar-refractivity contribution in [3.05, 3.63) is 37.2 Å². The lowest BCUT2D eigenvalue weighted by atomic mass is 10.0. The van der Waals surface area contributed by atoms with Crippen LogP contribution in [0.5, 0.6) is 0 Å². The number of hydrogen-bond donors (Lipinski definition) is 1. The number of fused-ring (bicyclic) bond motifs is 1. The number of piperidine rings is 1. The van der Waals surface area contributed by atoms with Gasteiger partial charge in [-0.2, -0.15) is 0 Å². The van der Waals surface area contributed by atoms with Gasteiger partial charge in [-0.15, -0.1) is 0 Å². The molecule has 25 heavy (non-hydrogen) atoms. The number of pyridine rings is 1. The molecular weight excluding hydrogens is 318 g/mol. The third kappa shape index (κ3) is 2.79. The molecule has 1 aliphatic rings. The summed E-state index contributed by atoms with van der Waals surface area (Å²) in [6, 6.07) is 3.41. The molecule has 8 nitrogen and oxygen atoms in total. The van der Waals surface area contributed by atoms with E-state index in [2.05, 4.69) is 25.3 Å². The van der Waals surface area contributed by atoms with Crippen LogP contribution in [0.1, 0.15) is 19.8 Å². The molecule has 1 atom stereocenters. The average Bonchev–Trinajstić information content (AvgIpc) is 3.08. The molecule has 128 valence electrons. The summed E-state index contributed by atoms with van der Waals surface area (Å²) in [4.78, 5) is 31.8. The van der Waals surface area contributed by atoms with Crippen LogP contribution in [-0.4, -0.2) is 43.0 Å². The summed E-state index contributed by atoms with van der Waals surface area (Å²) in [5, 5.41) is 3.27. The number of carbonyl (C=O) groups is 1. The van der Waals surface area contributed by atoms with Crippen molar-refractivity contribution >= 4 is 28.6 Å². The zero-order valence-corrected chi connectivity index (χ0v) is 14.0. The first-order chi connectivity index (χ1) is 12.3. The normalized spacial score (nSPS) is 17.9. The summed E-state index contributed by atoms with van der Waals surface area (Å²) in [6.45, 7) is 3.52. The fourth-order valence-electron chi connectivity index (χ4n) is 3.16. The number of aryl methyl sites for hydroxylation is 1. The molecule has 0 radical (unpaired) electrons. The summed E-state index contributed by atoms with van der Waals surface area (Å²) in [6.07, 6.45) is 8.34. The largest absolute Gasteiger partial charge is 0.356 e. The maximum Gasteiger partial charge on any atom is 0.249 e. The molecule has 0 aromatic carbocycles. The van der Waals surface area contributed by atoms with Crippen molar-refractivity contribution in [3.63, 3.8) is 0 Å². The van der Waals surface area contributed by atoms with E-state index in [4.69, 9.17) is 0 Å². The molecule has 1 aliphatic heterocycles. The van der Waals surface area contributed by atoms with Gasteiger partial charge in [-0.05, 0) is 31.9 Å². The Morgan fingerprint density at radius 1 is 1.32 bits per heavy atom. The quantitative estimate of drug-likeness (QED) is 0.781. The van der Waals surface area contributed by atoms with Gasteiger partial charge < -0.3 is 14.8 Å². The number of hydrogen-bond acceptors (Lipinski definition) is 6. The fraction of sp³-hybridized carbons (Fsp3) is 0.353. The van der Waals surface area contributed by atoms with Crippen LogP contribution < -0.4 is 10.2 Å². The second-order valence-electron chi connectivity index (χ2n) is 5.97. The standard InChI is InChI=1S/C17H19N7O/c1-2-23-11-21-14-15(19-10-20-16(14)23)22-13-6-4-8-24(17(13)25)12-5-3-7-18-9-12/h3,5,7,9-11,13H,2,4,6,8H2,1H3,(H,19,20,22). The molecule has 1 amide bonds. The van der Waals surface area contributed by atoms with Gasteiger partial charge in [0.05, 0.1) is 18.2 Å². The molecule has 3 aromatic heterocycles. The smallest absolute Gasteiger partial charge is 0.249 e. The maximum atomic E-state index is 12.9. The Balaban J connectivity index is 1.60. The van der Waals surface area contributed by atoms with Crippen LogP contribution in [0.4, 0.5) is 11.5 Å². The van der Waals surface area contributed by atoms with E-state index in [-0.39, 0.29) is 11.9 Å². The Hall–Kier alpha value is -3.03. The molecule has 1 fully saturated rings. The van der Waals surface area contributed by atoms with Gasteiger partial charge in [0.1, 0.15) is 17.9 Å². The van der Waals surface area contributed by atoms with E-state index in [1.807, 2.05) is 23.6 Å². The number of anilines is 2. The molecule has 4 rings (SSSR count). The minimum atomic E-state index is -0.334. The number of nitrogens with zero attached hydrogens (tertiary/aromatic N) is 6. The number of aromatic nitrogens is 5. The fourth-order valence-corrected chi connectivity index (χ4v) is 3.16. The Labute approximate surface area is 144 Å². The van der Waals surface area contributed by atoms with Crippen LogP contribution >= 0.6 is 0 Å².